The molecule has 16 heavy (non-hydrogen) atoms. The van der Waals surface area contributed by atoms with Crippen LogP contribution in [0.25, 0.3) is 0 Å². The minimum Gasteiger partial charge on any atom is -0.277 e. The van der Waals surface area contributed by atoms with Gasteiger partial charge in [-0.1, -0.05) is 25.5 Å². The molecule has 3 nitrogen and oxygen atoms in total. The molecule has 1 aliphatic heterocycles. The standard InChI is InChI=1S/C11H11NO2.C2H6/c1-6-4-7(2)9-8(5-6)10(13)12(3)11(9)14;1-2/h4-5H,1-3H3;1-2H3. The lowest BCUT2D eigenvalue weighted by molar-refractivity contribution is 0.0693. The SMILES string of the molecule is CC.Cc1cc(C)c2c(c1)C(=O)N(C)C2=O. The maximum absolute atomic E-state index is 11.6. The molecule has 0 spiro atoms. The van der Waals surface area contributed by atoms with Crippen LogP contribution in [0.5, 0.6) is 0 Å². The first-order valence-electron chi connectivity index (χ1n) is 5.46. The molecule has 86 valence electrons. The maximum atomic E-state index is 11.6. The Morgan fingerprint density at radius 2 is 1.56 bits per heavy atom. The Bertz CT molecular complexity index is 449. The van der Waals surface area contributed by atoms with E-state index in [0.29, 0.717) is 11.1 Å². The number of aryl methyl sites for hydroxylation is 2. The van der Waals surface area contributed by atoms with Gasteiger partial charge in [0.2, 0.25) is 0 Å². The lowest BCUT2D eigenvalue weighted by Crippen LogP contribution is -2.24. The number of carbonyl (C=O) groups excluding carboxylic acids is 2. The van der Waals surface area contributed by atoms with Crippen LogP contribution >= 0.6 is 0 Å². The highest BCUT2D eigenvalue weighted by Gasteiger charge is 2.33. The second-order valence-electron chi connectivity index (χ2n) is 3.67. The maximum Gasteiger partial charge on any atom is 0.261 e. The lowest BCUT2D eigenvalue weighted by atomic mass is 10.0. The number of imide groups is 1. The average Bonchev–Trinajstić information content (AvgIpc) is 2.47. The molecule has 0 N–H and O–H groups in total. The normalized spacial score (nSPS) is 13.4. The van der Waals surface area contributed by atoms with E-state index >= 15 is 0 Å². The lowest BCUT2D eigenvalue weighted by Gasteiger charge is -2.03. The van der Waals surface area contributed by atoms with Gasteiger partial charge in [0.05, 0.1) is 11.1 Å². The van der Waals surface area contributed by atoms with Crippen molar-refractivity contribution in [2.45, 2.75) is 27.7 Å². The van der Waals surface area contributed by atoms with Crippen molar-refractivity contribution in [1.29, 1.82) is 0 Å². The molecule has 3 heteroatoms. The number of hydrogen-bond donors (Lipinski definition) is 0. The summed E-state index contributed by atoms with van der Waals surface area (Å²) in [6, 6.07) is 3.69. The summed E-state index contributed by atoms with van der Waals surface area (Å²) in [5.74, 6) is -0.390. The van der Waals surface area contributed by atoms with E-state index in [1.807, 2.05) is 33.8 Å². The van der Waals surface area contributed by atoms with Crippen molar-refractivity contribution in [3.63, 3.8) is 0 Å². The smallest absolute Gasteiger partial charge is 0.261 e. The number of carbonyl (C=O) groups is 2. The molecule has 1 aliphatic rings. The first-order chi connectivity index (χ1) is 7.52. The van der Waals surface area contributed by atoms with Crippen LogP contribution in [0.1, 0.15) is 45.7 Å². The van der Waals surface area contributed by atoms with E-state index in [2.05, 4.69) is 0 Å². The number of amides is 2. The van der Waals surface area contributed by atoms with Crippen LogP contribution < -0.4 is 0 Å². The highest BCUT2D eigenvalue weighted by Crippen LogP contribution is 2.25. The number of benzene rings is 1. The minimum atomic E-state index is -0.197. The Morgan fingerprint density at radius 1 is 1.00 bits per heavy atom. The first kappa shape index (κ1) is 12.4. The van der Waals surface area contributed by atoms with Crippen molar-refractivity contribution in [1.82, 2.24) is 4.90 Å². The van der Waals surface area contributed by atoms with Crippen LogP contribution in [0.15, 0.2) is 12.1 Å². The summed E-state index contributed by atoms with van der Waals surface area (Å²) in [6.45, 7) is 7.78. The van der Waals surface area contributed by atoms with Crippen LogP contribution in [-0.4, -0.2) is 23.8 Å². The fraction of sp³-hybridized carbons (Fsp3) is 0.385. The van der Waals surface area contributed by atoms with E-state index in [1.54, 1.807) is 6.07 Å². The Morgan fingerprint density at radius 3 is 2.12 bits per heavy atom. The monoisotopic (exact) mass is 219 g/mol. The highest BCUT2D eigenvalue weighted by molar-refractivity contribution is 6.21. The van der Waals surface area contributed by atoms with Crippen LogP contribution in [0.3, 0.4) is 0 Å². The molecule has 1 aromatic rings. The van der Waals surface area contributed by atoms with Gasteiger partial charge in [-0.05, 0) is 25.5 Å². The predicted molar refractivity (Wildman–Crippen MR) is 63.7 cm³/mol. The molecule has 0 fully saturated rings. The van der Waals surface area contributed by atoms with E-state index in [-0.39, 0.29) is 11.8 Å². The molecular formula is C13H17NO2. The zero-order valence-electron chi connectivity index (χ0n) is 10.4. The van der Waals surface area contributed by atoms with Gasteiger partial charge in [-0.2, -0.15) is 0 Å². The molecule has 0 bridgehead atoms. The van der Waals surface area contributed by atoms with Crippen LogP contribution in [0.4, 0.5) is 0 Å². The van der Waals surface area contributed by atoms with Crippen molar-refractivity contribution in [2.24, 2.45) is 0 Å². The van der Waals surface area contributed by atoms with Gasteiger partial charge in [0.1, 0.15) is 0 Å². The molecule has 1 heterocycles. The molecule has 0 aliphatic carbocycles. The first-order valence-corrected chi connectivity index (χ1v) is 5.46. The molecule has 0 unspecified atom stereocenters. The predicted octanol–water partition coefficient (Wildman–Crippen LogP) is 2.56. The minimum absolute atomic E-state index is 0.192. The molecule has 0 radical (unpaired) electrons. The van der Waals surface area contributed by atoms with Crippen molar-refractivity contribution < 1.29 is 9.59 Å². The summed E-state index contributed by atoms with van der Waals surface area (Å²) in [6.07, 6.45) is 0. The van der Waals surface area contributed by atoms with Crippen LogP contribution in [0.2, 0.25) is 0 Å². The number of nitrogens with zero attached hydrogens (tertiary/aromatic N) is 1. The molecule has 0 saturated carbocycles. The van der Waals surface area contributed by atoms with Gasteiger partial charge < -0.3 is 0 Å². The van der Waals surface area contributed by atoms with E-state index in [9.17, 15) is 9.59 Å². The fourth-order valence-corrected chi connectivity index (χ4v) is 1.86. The van der Waals surface area contributed by atoms with Gasteiger partial charge in [-0.3, -0.25) is 14.5 Å². The largest absolute Gasteiger partial charge is 0.277 e. The molecule has 0 atom stereocenters. The van der Waals surface area contributed by atoms with Crippen molar-refractivity contribution >= 4 is 11.8 Å². The third-order valence-electron chi connectivity index (χ3n) is 2.53. The molecule has 2 amide bonds. The van der Waals surface area contributed by atoms with Crippen LogP contribution in [0, 0.1) is 13.8 Å². The number of hydrogen-bond acceptors (Lipinski definition) is 2. The zero-order valence-corrected chi connectivity index (χ0v) is 10.4. The van der Waals surface area contributed by atoms with Crippen molar-refractivity contribution in [3.05, 3.63) is 34.4 Å². The quantitative estimate of drug-likeness (QED) is 0.629. The summed E-state index contributed by atoms with van der Waals surface area (Å²) < 4.78 is 0. The van der Waals surface area contributed by atoms with E-state index in [0.717, 1.165) is 16.0 Å². The summed E-state index contributed by atoms with van der Waals surface area (Å²) in [7, 11) is 1.51. The number of rotatable bonds is 0. The molecular weight excluding hydrogens is 202 g/mol. The Labute approximate surface area is 96.1 Å². The highest BCUT2D eigenvalue weighted by atomic mass is 16.2. The summed E-state index contributed by atoms with van der Waals surface area (Å²) in [5, 5.41) is 0. The second-order valence-corrected chi connectivity index (χ2v) is 3.67. The van der Waals surface area contributed by atoms with E-state index in [1.165, 1.54) is 7.05 Å². The molecule has 0 aromatic heterocycles. The topological polar surface area (TPSA) is 37.4 Å². The van der Waals surface area contributed by atoms with Gasteiger partial charge in [0.15, 0.2) is 0 Å². The molecule has 1 aromatic carbocycles. The Kier molecular flexibility index (Phi) is 3.48. The van der Waals surface area contributed by atoms with Gasteiger partial charge in [-0.25, -0.2) is 0 Å². The fourth-order valence-electron chi connectivity index (χ4n) is 1.86. The van der Waals surface area contributed by atoms with Crippen LogP contribution in [-0.2, 0) is 0 Å². The molecule has 0 saturated heterocycles. The Balaban J connectivity index is 0.000000606. The van der Waals surface area contributed by atoms with Crippen molar-refractivity contribution in [3.8, 4) is 0 Å². The van der Waals surface area contributed by atoms with E-state index in [4.69, 9.17) is 0 Å². The van der Waals surface area contributed by atoms with Gasteiger partial charge in [0, 0.05) is 7.05 Å². The second kappa shape index (κ2) is 4.47. The van der Waals surface area contributed by atoms with Crippen molar-refractivity contribution in [2.75, 3.05) is 7.05 Å². The van der Waals surface area contributed by atoms with Gasteiger partial charge in [-0.15, -0.1) is 0 Å². The van der Waals surface area contributed by atoms with Gasteiger partial charge >= 0.3 is 0 Å². The van der Waals surface area contributed by atoms with E-state index < -0.39 is 0 Å². The third-order valence-corrected chi connectivity index (χ3v) is 2.53. The Hall–Kier alpha value is -1.64. The average molecular weight is 219 g/mol. The zero-order chi connectivity index (χ0) is 12.5. The summed E-state index contributed by atoms with van der Waals surface area (Å²) >= 11 is 0. The summed E-state index contributed by atoms with van der Waals surface area (Å²) in [5.41, 5.74) is 2.98. The van der Waals surface area contributed by atoms with Gasteiger partial charge in [0.25, 0.3) is 11.8 Å². The molecule has 2 rings (SSSR count). The number of fused-ring (bicyclic) bond motifs is 1. The third kappa shape index (κ3) is 1.73. The summed E-state index contributed by atoms with van der Waals surface area (Å²) in [4.78, 5) is 24.4.